The van der Waals surface area contributed by atoms with E-state index in [1.807, 2.05) is 13.1 Å². The highest BCUT2D eigenvalue weighted by molar-refractivity contribution is 7.85. The van der Waals surface area contributed by atoms with Gasteiger partial charge in [-0.05, 0) is 31.6 Å². The molecule has 0 heterocycles. The normalized spacial score (nSPS) is 12.1. The van der Waals surface area contributed by atoms with Gasteiger partial charge < -0.3 is 5.32 Å². The highest BCUT2D eigenvalue weighted by Gasteiger charge is 2.12. The van der Waals surface area contributed by atoms with Gasteiger partial charge in [0.1, 0.15) is 4.90 Å². The first kappa shape index (κ1) is 12.9. The fourth-order valence-corrected chi connectivity index (χ4v) is 1.98. The molecule has 0 aromatic heterocycles. The molecule has 2 N–H and O–H groups in total. The van der Waals surface area contributed by atoms with Gasteiger partial charge in [-0.1, -0.05) is 30.4 Å². The zero-order valence-corrected chi connectivity index (χ0v) is 9.87. The molecule has 88 valence electrons. The van der Waals surface area contributed by atoms with E-state index in [-0.39, 0.29) is 4.90 Å². The van der Waals surface area contributed by atoms with Crippen molar-refractivity contribution in [3.05, 3.63) is 35.9 Å². The van der Waals surface area contributed by atoms with Crippen molar-refractivity contribution >= 4 is 16.2 Å². The summed E-state index contributed by atoms with van der Waals surface area (Å²) in [5, 5.41) is 2.98. The number of hydrogen-bond acceptors (Lipinski definition) is 3. The topological polar surface area (TPSA) is 66.4 Å². The van der Waals surface area contributed by atoms with Gasteiger partial charge in [0.15, 0.2) is 0 Å². The third-order valence-electron chi connectivity index (χ3n) is 2.06. The van der Waals surface area contributed by atoms with Crippen LogP contribution in [-0.2, 0) is 10.1 Å². The molecule has 5 heteroatoms. The second-order valence-electron chi connectivity index (χ2n) is 3.31. The summed E-state index contributed by atoms with van der Waals surface area (Å²) in [4.78, 5) is -0.0595. The van der Waals surface area contributed by atoms with Crippen LogP contribution >= 0.6 is 0 Å². The van der Waals surface area contributed by atoms with Gasteiger partial charge in [-0.15, -0.1) is 0 Å². The lowest BCUT2D eigenvalue weighted by atomic mass is 10.2. The van der Waals surface area contributed by atoms with Crippen molar-refractivity contribution in [1.29, 1.82) is 0 Å². The Kier molecular flexibility index (Phi) is 4.67. The highest BCUT2D eigenvalue weighted by atomic mass is 32.2. The zero-order valence-electron chi connectivity index (χ0n) is 9.05. The molecule has 1 aromatic rings. The molecule has 0 bridgehead atoms. The zero-order chi connectivity index (χ0) is 12.0. The summed E-state index contributed by atoms with van der Waals surface area (Å²) in [6.07, 6.45) is 4.36. The van der Waals surface area contributed by atoms with Crippen molar-refractivity contribution in [1.82, 2.24) is 5.32 Å². The molecule has 0 fully saturated rings. The molecular formula is C11H15NO3S. The van der Waals surface area contributed by atoms with Gasteiger partial charge >= 0.3 is 0 Å². The molecular weight excluding hydrogens is 226 g/mol. The molecule has 1 aromatic carbocycles. The summed E-state index contributed by atoms with van der Waals surface area (Å²) < 4.78 is 31.1. The highest BCUT2D eigenvalue weighted by Crippen LogP contribution is 2.16. The second-order valence-corrected chi connectivity index (χ2v) is 4.70. The predicted octanol–water partition coefficient (Wildman–Crippen LogP) is 1.56. The first-order valence-corrected chi connectivity index (χ1v) is 6.37. The minimum absolute atomic E-state index is 0.0595. The first-order valence-electron chi connectivity index (χ1n) is 4.93. The third kappa shape index (κ3) is 3.77. The van der Waals surface area contributed by atoms with Crippen LogP contribution in [0.2, 0.25) is 0 Å². The van der Waals surface area contributed by atoms with E-state index >= 15 is 0 Å². The fraction of sp³-hybridized carbons (Fsp3) is 0.273. The Hall–Kier alpha value is -1.17. The van der Waals surface area contributed by atoms with Gasteiger partial charge in [-0.2, -0.15) is 8.42 Å². The van der Waals surface area contributed by atoms with Crippen molar-refractivity contribution in [3.63, 3.8) is 0 Å². The maximum absolute atomic E-state index is 11.1. The van der Waals surface area contributed by atoms with Crippen LogP contribution < -0.4 is 5.32 Å². The van der Waals surface area contributed by atoms with Gasteiger partial charge in [0.05, 0.1) is 0 Å². The summed E-state index contributed by atoms with van der Waals surface area (Å²) in [5.74, 6) is 0. The molecule has 0 aliphatic carbocycles. The average Bonchev–Trinajstić information content (AvgIpc) is 2.24. The Morgan fingerprint density at radius 2 is 2.06 bits per heavy atom. The minimum Gasteiger partial charge on any atom is -0.319 e. The fourth-order valence-electron chi connectivity index (χ4n) is 1.29. The van der Waals surface area contributed by atoms with Crippen LogP contribution in [-0.4, -0.2) is 26.6 Å². The van der Waals surface area contributed by atoms with Crippen molar-refractivity contribution < 1.29 is 13.0 Å². The van der Waals surface area contributed by atoms with Crippen LogP contribution in [0.15, 0.2) is 35.2 Å². The Balaban J connectivity index is 2.92. The molecule has 0 aliphatic rings. The van der Waals surface area contributed by atoms with Gasteiger partial charge in [-0.3, -0.25) is 4.55 Å². The van der Waals surface area contributed by atoms with Crippen molar-refractivity contribution in [3.8, 4) is 0 Å². The molecule has 0 radical (unpaired) electrons. The Morgan fingerprint density at radius 1 is 1.38 bits per heavy atom. The van der Waals surface area contributed by atoms with Crippen LogP contribution in [0.4, 0.5) is 0 Å². The third-order valence-corrected chi connectivity index (χ3v) is 2.98. The molecule has 4 nitrogen and oxygen atoms in total. The summed E-state index contributed by atoms with van der Waals surface area (Å²) in [7, 11) is -2.30. The predicted molar refractivity (Wildman–Crippen MR) is 63.8 cm³/mol. The van der Waals surface area contributed by atoms with Crippen molar-refractivity contribution in [2.24, 2.45) is 0 Å². The van der Waals surface area contributed by atoms with Gasteiger partial charge in [0.2, 0.25) is 0 Å². The maximum Gasteiger partial charge on any atom is 0.295 e. The minimum atomic E-state index is -4.14. The van der Waals surface area contributed by atoms with Crippen LogP contribution in [0, 0.1) is 0 Å². The summed E-state index contributed by atoms with van der Waals surface area (Å²) >= 11 is 0. The van der Waals surface area contributed by atoms with Gasteiger partial charge in [0, 0.05) is 0 Å². The van der Waals surface area contributed by atoms with E-state index < -0.39 is 10.1 Å². The number of hydrogen-bond donors (Lipinski definition) is 2. The Bertz CT molecular complexity index is 466. The number of nitrogens with one attached hydrogen (secondary N) is 1. The van der Waals surface area contributed by atoms with E-state index in [0.29, 0.717) is 5.56 Å². The molecule has 16 heavy (non-hydrogen) atoms. The van der Waals surface area contributed by atoms with E-state index in [9.17, 15) is 8.42 Å². The molecule has 0 saturated heterocycles. The van der Waals surface area contributed by atoms with Gasteiger partial charge in [0.25, 0.3) is 10.1 Å². The molecule has 0 aliphatic heterocycles. The monoisotopic (exact) mass is 241 g/mol. The Labute approximate surface area is 95.7 Å². The molecule has 0 unspecified atom stereocenters. The quantitative estimate of drug-likeness (QED) is 0.606. The maximum atomic E-state index is 11.1. The molecule has 0 atom stereocenters. The van der Waals surface area contributed by atoms with Crippen molar-refractivity contribution in [2.45, 2.75) is 11.3 Å². The van der Waals surface area contributed by atoms with E-state index in [1.165, 1.54) is 6.07 Å². The number of rotatable bonds is 5. The molecule has 0 amide bonds. The molecule has 0 spiro atoms. The van der Waals surface area contributed by atoms with Crippen LogP contribution in [0.25, 0.3) is 6.08 Å². The lowest BCUT2D eigenvalue weighted by molar-refractivity contribution is 0.483. The summed E-state index contributed by atoms with van der Waals surface area (Å²) in [6, 6.07) is 6.34. The SMILES string of the molecule is CNCCC=Cc1ccccc1S(=O)(=O)O. The largest absolute Gasteiger partial charge is 0.319 e. The lowest BCUT2D eigenvalue weighted by Crippen LogP contribution is -2.05. The first-order chi connectivity index (χ1) is 7.55. The van der Waals surface area contributed by atoms with Crippen LogP contribution in [0.5, 0.6) is 0 Å². The lowest BCUT2D eigenvalue weighted by Gasteiger charge is -2.01. The van der Waals surface area contributed by atoms with E-state index in [4.69, 9.17) is 4.55 Å². The Morgan fingerprint density at radius 3 is 2.69 bits per heavy atom. The van der Waals surface area contributed by atoms with Crippen LogP contribution in [0.1, 0.15) is 12.0 Å². The van der Waals surface area contributed by atoms with Crippen molar-refractivity contribution in [2.75, 3.05) is 13.6 Å². The second kappa shape index (κ2) is 5.79. The van der Waals surface area contributed by atoms with E-state index in [2.05, 4.69) is 5.32 Å². The summed E-state index contributed by atoms with van der Waals surface area (Å²) in [6.45, 7) is 0.824. The summed E-state index contributed by atoms with van der Waals surface area (Å²) in [5.41, 5.74) is 0.501. The number of benzene rings is 1. The standard InChI is InChI=1S/C11H15NO3S/c1-12-9-5-4-7-10-6-2-3-8-11(10)16(13,14)15/h2-4,6-8,12H,5,9H2,1H3,(H,13,14,15). The smallest absolute Gasteiger partial charge is 0.295 e. The average molecular weight is 241 g/mol. The molecule has 0 saturated carbocycles. The molecule has 1 rings (SSSR count). The van der Waals surface area contributed by atoms with E-state index in [0.717, 1.165) is 13.0 Å². The van der Waals surface area contributed by atoms with Gasteiger partial charge in [-0.25, -0.2) is 0 Å². The van der Waals surface area contributed by atoms with E-state index in [1.54, 1.807) is 24.3 Å². The van der Waals surface area contributed by atoms with Crippen LogP contribution in [0.3, 0.4) is 0 Å².